The van der Waals surface area contributed by atoms with Crippen LogP contribution in [0, 0.1) is 0 Å². The first-order chi connectivity index (χ1) is 6.02. The summed E-state index contributed by atoms with van der Waals surface area (Å²) >= 11 is 0. The van der Waals surface area contributed by atoms with E-state index in [-0.39, 0.29) is 0 Å². The second kappa shape index (κ2) is 5.78. The molecule has 0 spiro atoms. The van der Waals surface area contributed by atoms with E-state index in [4.69, 9.17) is 10.0 Å². The van der Waals surface area contributed by atoms with Gasteiger partial charge in [-0.3, -0.25) is 0 Å². The van der Waals surface area contributed by atoms with E-state index in [1.807, 2.05) is 0 Å². The van der Waals surface area contributed by atoms with Gasteiger partial charge in [-0.1, -0.05) is 51.1 Å². The van der Waals surface area contributed by atoms with Crippen molar-refractivity contribution in [3.63, 3.8) is 0 Å². The zero-order chi connectivity index (χ0) is 10.3. The number of hydrogen-bond donors (Lipinski definition) is 2. The van der Waals surface area contributed by atoms with Crippen LogP contribution < -0.4 is 0 Å². The maximum absolute atomic E-state index is 7.12. The van der Waals surface area contributed by atoms with Crippen LogP contribution in [0.3, 0.4) is 0 Å². The molecule has 0 saturated carbocycles. The van der Waals surface area contributed by atoms with Gasteiger partial charge in [-0.25, -0.2) is 0 Å². The molecule has 0 fully saturated rings. The lowest BCUT2D eigenvalue weighted by molar-refractivity contribution is 0.448. The minimum Gasteiger partial charge on any atom is -0.430 e. The van der Waals surface area contributed by atoms with Gasteiger partial charge in [0.2, 0.25) is 0 Å². The number of hydrogen-bond acceptors (Lipinski definition) is 2. The van der Waals surface area contributed by atoms with Gasteiger partial charge in [0, 0.05) is 0 Å². The summed E-state index contributed by atoms with van der Waals surface area (Å²) in [4.78, 5) is 0. The van der Waals surface area contributed by atoms with Gasteiger partial charge in [-0.05, 0) is 11.0 Å². The molecule has 13 heavy (non-hydrogen) atoms. The number of rotatable bonds is 0. The largest absolute Gasteiger partial charge is 0.432 e. The zero-order valence-electron chi connectivity index (χ0n) is 8.49. The molecule has 0 saturated heterocycles. The molecule has 0 aliphatic heterocycles. The minimum atomic E-state index is -0.750. The summed E-state index contributed by atoms with van der Waals surface area (Å²) in [6.45, 7) is 6.67. The maximum atomic E-state index is 7.12. The van der Waals surface area contributed by atoms with E-state index in [1.54, 1.807) is 0 Å². The van der Waals surface area contributed by atoms with Crippen molar-refractivity contribution in [2.24, 2.45) is 0 Å². The Labute approximate surface area is 80.5 Å². The quantitative estimate of drug-likeness (QED) is 0.589. The third-order valence-corrected chi connectivity index (χ3v) is 1.64. The molecule has 2 N–H and O–H groups in total. The van der Waals surface area contributed by atoms with Crippen molar-refractivity contribution in [2.45, 2.75) is 26.2 Å². The highest BCUT2D eigenvalue weighted by molar-refractivity contribution is 6.13. The van der Waals surface area contributed by atoms with Gasteiger partial charge in [-0.2, -0.15) is 0 Å². The highest BCUT2D eigenvalue weighted by Gasteiger charge is 2.11. The average molecular weight is 180 g/mol. The van der Waals surface area contributed by atoms with E-state index >= 15 is 0 Å². The predicted octanol–water partition coefficient (Wildman–Crippen LogP) is 1.22. The Hall–Kier alpha value is -0.795. The summed E-state index contributed by atoms with van der Waals surface area (Å²) in [6, 6.07) is 10.6. The van der Waals surface area contributed by atoms with Gasteiger partial charge >= 0.3 is 7.69 Å². The topological polar surface area (TPSA) is 40.5 Å². The molecule has 0 aromatic heterocycles. The average Bonchev–Trinajstić information content (AvgIpc) is 2.06. The van der Waals surface area contributed by atoms with Crippen LogP contribution in [-0.2, 0) is 5.41 Å². The Morgan fingerprint density at radius 2 is 1.38 bits per heavy atom. The third kappa shape index (κ3) is 5.44. The second-order valence-electron chi connectivity index (χ2n) is 3.76. The molecule has 0 heterocycles. The lowest BCUT2D eigenvalue weighted by Gasteiger charge is -2.18. The standard InChI is InChI=1S/C10H14.BH3O2/c1-10(2,3)9-7-5-4-6-8-9;2-1-3/h4-8H,1-3H3;1-3H. The molecule has 0 aliphatic rings. The molecule has 0 bridgehead atoms. The van der Waals surface area contributed by atoms with Crippen molar-refractivity contribution >= 4 is 7.69 Å². The smallest absolute Gasteiger partial charge is 0.430 e. The molecule has 0 aliphatic carbocycles. The SMILES string of the molecule is CC(C)(C)c1ccccc1.OBO. The summed E-state index contributed by atoms with van der Waals surface area (Å²) < 4.78 is 0. The molecule has 0 amide bonds. The Morgan fingerprint density at radius 3 is 1.62 bits per heavy atom. The second-order valence-corrected chi connectivity index (χ2v) is 3.76. The normalized spacial score (nSPS) is 9.92. The molecular formula is C10H17BO2. The predicted molar refractivity (Wildman–Crippen MR) is 56.7 cm³/mol. The third-order valence-electron chi connectivity index (χ3n) is 1.64. The van der Waals surface area contributed by atoms with Crippen molar-refractivity contribution in [2.75, 3.05) is 0 Å². The molecule has 0 unspecified atom stereocenters. The lowest BCUT2D eigenvalue weighted by Crippen LogP contribution is -2.10. The molecule has 0 atom stereocenters. The molecule has 72 valence electrons. The van der Waals surface area contributed by atoms with Gasteiger partial charge in [0.15, 0.2) is 0 Å². The Morgan fingerprint density at radius 1 is 1.00 bits per heavy atom. The fraction of sp³-hybridized carbons (Fsp3) is 0.400. The highest BCUT2D eigenvalue weighted by atomic mass is 16.4. The van der Waals surface area contributed by atoms with Crippen molar-refractivity contribution in [3.05, 3.63) is 35.9 Å². The molecule has 3 heteroatoms. The van der Waals surface area contributed by atoms with Crippen LogP contribution in [0.1, 0.15) is 26.3 Å². The van der Waals surface area contributed by atoms with Crippen LogP contribution in [0.4, 0.5) is 0 Å². The molecule has 0 radical (unpaired) electrons. The van der Waals surface area contributed by atoms with Gasteiger partial charge in [-0.15, -0.1) is 0 Å². The molecular weight excluding hydrogens is 163 g/mol. The first-order valence-corrected chi connectivity index (χ1v) is 4.29. The van der Waals surface area contributed by atoms with E-state index in [0.717, 1.165) is 0 Å². The summed E-state index contributed by atoms with van der Waals surface area (Å²) in [7, 11) is -0.750. The summed E-state index contributed by atoms with van der Waals surface area (Å²) in [5.41, 5.74) is 1.69. The van der Waals surface area contributed by atoms with Gasteiger partial charge in [0.05, 0.1) is 0 Å². The molecule has 2 nitrogen and oxygen atoms in total. The maximum Gasteiger partial charge on any atom is 0.432 e. The van der Waals surface area contributed by atoms with Crippen molar-refractivity contribution in [1.82, 2.24) is 0 Å². The summed E-state index contributed by atoms with van der Waals surface area (Å²) in [5.74, 6) is 0. The van der Waals surface area contributed by atoms with Crippen LogP contribution in [0.15, 0.2) is 30.3 Å². The van der Waals surface area contributed by atoms with Crippen molar-refractivity contribution < 1.29 is 10.0 Å². The first kappa shape index (κ1) is 12.2. The summed E-state index contributed by atoms with van der Waals surface area (Å²) in [5, 5.41) is 14.2. The van der Waals surface area contributed by atoms with E-state index in [9.17, 15) is 0 Å². The summed E-state index contributed by atoms with van der Waals surface area (Å²) in [6.07, 6.45) is 0. The fourth-order valence-electron chi connectivity index (χ4n) is 0.938. The van der Waals surface area contributed by atoms with E-state index in [1.165, 1.54) is 5.56 Å². The van der Waals surface area contributed by atoms with Crippen LogP contribution >= 0.6 is 0 Å². The molecule has 1 rings (SSSR count). The first-order valence-electron chi connectivity index (χ1n) is 4.29. The van der Waals surface area contributed by atoms with Crippen LogP contribution in [0.25, 0.3) is 0 Å². The minimum absolute atomic E-state index is 0.293. The Balaban J connectivity index is 0.000000424. The van der Waals surface area contributed by atoms with Crippen molar-refractivity contribution in [3.8, 4) is 0 Å². The van der Waals surface area contributed by atoms with E-state index in [2.05, 4.69) is 51.1 Å². The van der Waals surface area contributed by atoms with Gasteiger partial charge in [0.1, 0.15) is 0 Å². The highest BCUT2D eigenvalue weighted by Crippen LogP contribution is 2.20. The molecule has 1 aromatic carbocycles. The van der Waals surface area contributed by atoms with Crippen LogP contribution in [0.5, 0.6) is 0 Å². The van der Waals surface area contributed by atoms with Crippen LogP contribution in [0.2, 0.25) is 0 Å². The van der Waals surface area contributed by atoms with Crippen LogP contribution in [-0.4, -0.2) is 17.7 Å². The lowest BCUT2D eigenvalue weighted by atomic mass is 9.87. The van der Waals surface area contributed by atoms with Gasteiger partial charge < -0.3 is 10.0 Å². The monoisotopic (exact) mass is 180 g/mol. The van der Waals surface area contributed by atoms with Crippen molar-refractivity contribution in [1.29, 1.82) is 0 Å². The number of benzene rings is 1. The molecule has 1 aromatic rings. The Kier molecular flexibility index (Phi) is 5.43. The van der Waals surface area contributed by atoms with E-state index in [0.29, 0.717) is 5.41 Å². The fourth-order valence-corrected chi connectivity index (χ4v) is 0.938. The zero-order valence-corrected chi connectivity index (χ0v) is 8.49. The Bertz CT molecular complexity index is 216. The van der Waals surface area contributed by atoms with E-state index < -0.39 is 7.69 Å². The van der Waals surface area contributed by atoms with Gasteiger partial charge in [0.25, 0.3) is 0 Å².